The second kappa shape index (κ2) is 9.37. The number of fused-ring (bicyclic) bond motifs is 1. The largest absolute Gasteiger partial charge is 0.497 e. The van der Waals surface area contributed by atoms with Gasteiger partial charge in [-0.3, -0.25) is 0 Å². The molecule has 0 fully saturated rings. The minimum Gasteiger partial charge on any atom is -0.497 e. The fraction of sp³-hybridized carbons (Fsp3) is 0.286. The third kappa shape index (κ3) is 4.89. The molecule has 6 nitrogen and oxygen atoms in total. The Labute approximate surface area is 168 Å². The number of carbonyl (C=O) groups excluding carboxylic acids is 1. The van der Waals surface area contributed by atoms with Crippen molar-refractivity contribution in [1.82, 2.24) is 0 Å². The summed E-state index contributed by atoms with van der Waals surface area (Å²) in [6.07, 6.45) is 3.74. The average Bonchev–Trinajstić information content (AvgIpc) is 2.96. The Morgan fingerprint density at radius 1 is 1.14 bits per heavy atom. The molecule has 0 aliphatic carbocycles. The number of methoxy groups -OCH3 is 2. The molecule has 0 spiro atoms. The van der Waals surface area contributed by atoms with Crippen LogP contribution in [0.1, 0.15) is 17.5 Å². The third-order valence-electron chi connectivity index (χ3n) is 4.08. The zero-order valence-electron chi connectivity index (χ0n) is 15.7. The summed E-state index contributed by atoms with van der Waals surface area (Å²) in [6, 6.07) is 8.80. The first-order valence-corrected chi connectivity index (χ1v) is 9.13. The van der Waals surface area contributed by atoms with Crippen LogP contribution in [0.15, 0.2) is 36.4 Å². The first-order chi connectivity index (χ1) is 13.6. The minimum atomic E-state index is -0.492. The first-order valence-electron chi connectivity index (χ1n) is 8.75. The number of benzene rings is 2. The van der Waals surface area contributed by atoms with E-state index in [9.17, 15) is 4.79 Å². The van der Waals surface area contributed by atoms with Crippen LogP contribution in [0.2, 0.25) is 5.02 Å². The predicted molar refractivity (Wildman–Crippen MR) is 105 cm³/mol. The van der Waals surface area contributed by atoms with Crippen molar-refractivity contribution in [2.24, 2.45) is 0 Å². The van der Waals surface area contributed by atoms with Gasteiger partial charge in [0.25, 0.3) is 0 Å². The summed E-state index contributed by atoms with van der Waals surface area (Å²) < 4.78 is 27.0. The highest BCUT2D eigenvalue weighted by Gasteiger charge is 2.16. The zero-order valence-corrected chi connectivity index (χ0v) is 16.5. The molecule has 0 bridgehead atoms. The minimum absolute atomic E-state index is 0.0643. The maximum Gasteiger partial charge on any atom is 0.331 e. The maximum atomic E-state index is 12.1. The summed E-state index contributed by atoms with van der Waals surface area (Å²) in [5, 5.41) is 0.433. The van der Waals surface area contributed by atoms with Crippen LogP contribution in [0.3, 0.4) is 0 Å². The second-order valence-corrected chi connectivity index (χ2v) is 6.41. The van der Waals surface area contributed by atoms with E-state index < -0.39 is 5.97 Å². The lowest BCUT2D eigenvalue weighted by atomic mass is 10.1. The number of rotatable bonds is 6. The van der Waals surface area contributed by atoms with Crippen LogP contribution >= 0.6 is 11.6 Å². The molecule has 2 aromatic rings. The number of carbonyl (C=O) groups is 1. The van der Waals surface area contributed by atoms with Crippen molar-refractivity contribution >= 4 is 23.6 Å². The maximum absolute atomic E-state index is 12.1. The number of ether oxygens (including phenoxy) is 5. The molecule has 0 amide bonds. The lowest BCUT2D eigenvalue weighted by Gasteiger charge is -2.11. The van der Waals surface area contributed by atoms with E-state index in [1.54, 1.807) is 50.6 Å². The van der Waals surface area contributed by atoms with E-state index in [1.165, 1.54) is 6.08 Å². The van der Waals surface area contributed by atoms with Crippen molar-refractivity contribution in [3.05, 3.63) is 52.6 Å². The van der Waals surface area contributed by atoms with Crippen LogP contribution in [0.25, 0.3) is 6.08 Å². The van der Waals surface area contributed by atoms with Crippen LogP contribution < -0.4 is 18.9 Å². The Kier molecular flexibility index (Phi) is 6.66. The number of hydrogen-bond acceptors (Lipinski definition) is 6. The Bertz CT molecular complexity index is 877. The highest BCUT2D eigenvalue weighted by atomic mass is 35.5. The van der Waals surface area contributed by atoms with Crippen molar-refractivity contribution in [2.45, 2.75) is 13.0 Å². The molecule has 0 unspecified atom stereocenters. The van der Waals surface area contributed by atoms with E-state index in [2.05, 4.69) is 0 Å². The lowest BCUT2D eigenvalue weighted by molar-refractivity contribution is -0.138. The Balaban J connectivity index is 1.65. The van der Waals surface area contributed by atoms with Crippen LogP contribution in [-0.2, 0) is 16.1 Å². The molecule has 0 saturated carbocycles. The lowest BCUT2D eigenvalue weighted by Crippen LogP contribution is -2.02. The van der Waals surface area contributed by atoms with Gasteiger partial charge in [0.2, 0.25) is 0 Å². The molecule has 148 valence electrons. The summed E-state index contributed by atoms with van der Waals surface area (Å²) in [5.74, 6) is 1.88. The molecule has 28 heavy (non-hydrogen) atoms. The molecule has 0 aromatic heterocycles. The van der Waals surface area contributed by atoms with Crippen LogP contribution in [-0.4, -0.2) is 33.4 Å². The fourth-order valence-electron chi connectivity index (χ4n) is 2.70. The fourth-order valence-corrected chi connectivity index (χ4v) is 2.99. The van der Waals surface area contributed by atoms with E-state index in [-0.39, 0.29) is 6.61 Å². The van der Waals surface area contributed by atoms with E-state index in [0.717, 1.165) is 12.0 Å². The van der Waals surface area contributed by atoms with Gasteiger partial charge in [0.05, 0.1) is 32.5 Å². The van der Waals surface area contributed by atoms with Crippen molar-refractivity contribution in [2.75, 3.05) is 27.4 Å². The van der Waals surface area contributed by atoms with Gasteiger partial charge in [-0.05, 0) is 42.0 Å². The first kappa shape index (κ1) is 19.9. The second-order valence-electron chi connectivity index (χ2n) is 6.00. The van der Waals surface area contributed by atoms with Crippen LogP contribution in [0.5, 0.6) is 23.0 Å². The molecule has 1 aliphatic heterocycles. The monoisotopic (exact) mass is 404 g/mol. The van der Waals surface area contributed by atoms with Gasteiger partial charge in [-0.2, -0.15) is 0 Å². The molecule has 7 heteroatoms. The molecular weight excluding hydrogens is 384 g/mol. The third-order valence-corrected chi connectivity index (χ3v) is 4.36. The molecule has 1 aliphatic rings. The summed E-state index contributed by atoms with van der Waals surface area (Å²) in [5.41, 5.74) is 1.42. The van der Waals surface area contributed by atoms with E-state index in [0.29, 0.717) is 46.8 Å². The Morgan fingerprint density at radius 2 is 1.96 bits per heavy atom. The molecule has 0 saturated heterocycles. The SMILES string of the molecule is COc1ccc(OC)c(/C=C/C(=O)OCc2cc(Cl)c3c(c2)OCCCO3)c1. The van der Waals surface area contributed by atoms with Gasteiger partial charge < -0.3 is 23.7 Å². The Hall–Kier alpha value is -2.86. The average molecular weight is 405 g/mol. The standard InChI is InChI=1S/C21H21ClO6/c1-24-16-5-6-18(25-2)15(12-16)4-7-20(23)28-13-14-10-17(22)21-19(11-14)26-8-3-9-27-21/h4-7,10-12H,3,8-9,13H2,1-2H3/b7-4+. The Morgan fingerprint density at radius 3 is 2.75 bits per heavy atom. The van der Waals surface area contributed by atoms with Gasteiger partial charge in [0, 0.05) is 18.1 Å². The van der Waals surface area contributed by atoms with Crippen molar-refractivity contribution in [1.29, 1.82) is 0 Å². The van der Waals surface area contributed by atoms with Crippen molar-refractivity contribution in [3.8, 4) is 23.0 Å². The molecule has 1 heterocycles. The van der Waals surface area contributed by atoms with E-state index in [4.69, 9.17) is 35.3 Å². The molecule has 0 atom stereocenters. The number of halogens is 1. The summed E-state index contributed by atoms with van der Waals surface area (Å²) >= 11 is 6.25. The topological polar surface area (TPSA) is 63.2 Å². The smallest absolute Gasteiger partial charge is 0.331 e. The predicted octanol–water partition coefficient (Wildman–Crippen LogP) is 4.28. The van der Waals surface area contributed by atoms with E-state index >= 15 is 0 Å². The van der Waals surface area contributed by atoms with E-state index in [1.807, 2.05) is 0 Å². The van der Waals surface area contributed by atoms with Crippen LogP contribution in [0, 0.1) is 0 Å². The summed E-state index contributed by atoms with van der Waals surface area (Å²) in [7, 11) is 3.13. The number of esters is 1. The van der Waals surface area contributed by atoms with Crippen LogP contribution in [0.4, 0.5) is 0 Å². The number of hydrogen-bond donors (Lipinski definition) is 0. The molecule has 0 radical (unpaired) electrons. The van der Waals surface area contributed by atoms with Gasteiger partial charge in [-0.15, -0.1) is 0 Å². The van der Waals surface area contributed by atoms with Gasteiger partial charge in [-0.1, -0.05) is 11.6 Å². The summed E-state index contributed by atoms with van der Waals surface area (Å²) in [6.45, 7) is 1.17. The van der Waals surface area contributed by atoms with Gasteiger partial charge in [-0.25, -0.2) is 4.79 Å². The molecule has 0 N–H and O–H groups in total. The summed E-state index contributed by atoms with van der Waals surface area (Å²) in [4.78, 5) is 12.1. The molecule has 3 rings (SSSR count). The highest BCUT2D eigenvalue weighted by Crippen LogP contribution is 2.38. The zero-order chi connectivity index (χ0) is 19.9. The van der Waals surface area contributed by atoms with Crippen molar-refractivity contribution in [3.63, 3.8) is 0 Å². The molecule has 2 aromatic carbocycles. The van der Waals surface area contributed by atoms with Gasteiger partial charge in [0.1, 0.15) is 18.1 Å². The van der Waals surface area contributed by atoms with Gasteiger partial charge >= 0.3 is 5.97 Å². The normalized spacial score (nSPS) is 13.1. The quantitative estimate of drug-likeness (QED) is 0.529. The molecular formula is C21H21ClO6. The van der Waals surface area contributed by atoms with Gasteiger partial charge in [0.15, 0.2) is 11.5 Å². The van der Waals surface area contributed by atoms with Crippen molar-refractivity contribution < 1.29 is 28.5 Å². The highest BCUT2D eigenvalue weighted by molar-refractivity contribution is 6.32.